The molecule has 0 radical (unpaired) electrons. The van der Waals surface area contributed by atoms with Crippen molar-refractivity contribution in [1.29, 1.82) is 0 Å². The Kier molecular flexibility index (Phi) is 4.53. The highest BCUT2D eigenvalue weighted by atomic mass is 79.9. The first-order chi connectivity index (χ1) is 8.19. The van der Waals surface area contributed by atoms with Crippen molar-refractivity contribution in [1.82, 2.24) is 9.36 Å². The lowest BCUT2D eigenvalue weighted by Gasteiger charge is -2.02. The Morgan fingerprint density at radius 2 is 2.29 bits per heavy atom. The molecule has 1 heterocycles. The second-order valence-electron chi connectivity index (χ2n) is 3.35. The maximum atomic E-state index is 12.9. The second-order valence-corrected chi connectivity index (χ2v) is 6.18. The summed E-state index contributed by atoms with van der Waals surface area (Å²) in [5.41, 5.74) is 1.06. The molecule has 0 aliphatic rings. The van der Waals surface area contributed by atoms with Crippen LogP contribution in [0.2, 0.25) is 0 Å². The minimum atomic E-state index is -0.227. The van der Waals surface area contributed by atoms with Gasteiger partial charge in [-0.3, -0.25) is 0 Å². The third kappa shape index (κ3) is 3.50. The zero-order valence-corrected chi connectivity index (χ0v) is 12.3. The molecule has 2 aromatic rings. The average Bonchev–Trinajstić information content (AvgIpc) is 2.76. The number of thioether (sulfide) groups is 1. The van der Waals surface area contributed by atoms with Gasteiger partial charge < -0.3 is 0 Å². The average molecular weight is 333 g/mol. The number of aryl methyl sites for hydroxylation is 1. The lowest BCUT2D eigenvalue weighted by Crippen LogP contribution is -1.85. The van der Waals surface area contributed by atoms with Crippen molar-refractivity contribution >= 4 is 39.2 Å². The molecule has 0 saturated carbocycles. The highest BCUT2D eigenvalue weighted by molar-refractivity contribution is 9.10. The van der Waals surface area contributed by atoms with Crippen LogP contribution < -0.4 is 0 Å². The van der Waals surface area contributed by atoms with Crippen molar-refractivity contribution < 1.29 is 4.39 Å². The first-order valence-electron chi connectivity index (χ1n) is 5.08. The minimum absolute atomic E-state index is 0.227. The van der Waals surface area contributed by atoms with Gasteiger partial charge in [0.15, 0.2) is 4.34 Å². The normalized spacial score (nSPS) is 10.8. The molecule has 0 fully saturated rings. The maximum Gasteiger partial charge on any atom is 0.170 e. The first kappa shape index (κ1) is 13.0. The Bertz CT molecular complexity index is 516. The van der Waals surface area contributed by atoms with Crippen LogP contribution in [-0.4, -0.2) is 9.36 Å². The highest BCUT2D eigenvalue weighted by Gasteiger charge is 2.06. The zero-order valence-electron chi connectivity index (χ0n) is 9.11. The van der Waals surface area contributed by atoms with Crippen LogP contribution in [-0.2, 0) is 12.2 Å². The van der Waals surface area contributed by atoms with E-state index in [0.717, 1.165) is 32.4 Å². The summed E-state index contributed by atoms with van der Waals surface area (Å²) in [4.78, 5) is 4.37. The molecular formula is C11H10BrFN2S2. The van der Waals surface area contributed by atoms with E-state index in [4.69, 9.17) is 0 Å². The van der Waals surface area contributed by atoms with Gasteiger partial charge in [0.1, 0.15) is 11.6 Å². The van der Waals surface area contributed by atoms with Crippen LogP contribution in [0.25, 0.3) is 0 Å². The Morgan fingerprint density at radius 1 is 1.47 bits per heavy atom. The summed E-state index contributed by atoms with van der Waals surface area (Å²) in [6.45, 7) is 2.03. The summed E-state index contributed by atoms with van der Waals surface area (Å²) >= 11 is 6.39. The largest absolute Gasteiger partial charge is 0.213 e. The summed E-state index contributed by atoms with van der Waals surface area (Å²) in [7, 11) is 0. The maximum absolute atomic E-state index is 12.9. The molecule has 6 heteroatoms. The van der Waals surface area contributed by atoms with Crippen LogP contribution in [0.15, 0.2) is 27.0 Å². The summed E-state index contributed by atoms with van der Waals surface area (Å²) in [5, 5.41) is 0. The van der Waals surface area contributed by atoms with Crippen LogP contribution >= 0.6 is 39.2 Å². The Morgan fingerprint density at radius 3 is 2.94 bits per heavy atom. The van der Waals surface area contributed by atoms with Crippen molar-refractivity contribution in [3.05, 3.63) is 39.9 Å². The van der Waals surface area contributed by atoms with Crippen LogP contribution in [0.1, 0.15) is 18.3 Å². The van der Waals surface area contributed by atoms with Gasteiger partial charge in [-0.25, -0.2) is 9.37 Å². The van der Waals surface area contributed by atoms with Gasteiger partial charge in [-0.2, -0.15) is 4.37 Å². The Labute approximate surface area is 116 Å². The minimum Gasteiger partial charge on any atom is -0.213 e. The number of rotatable bonds is 4. The summed E-state index contributed by atoms with van der Waals surface area (Å²) in [5.74, 6) is 1.42. The van der Waals surface area contributed by atoms with Crippen molar-refractivity contribution in [2.75, 3.05) is 0 Å². The number of nitrogens with zero attached hydrogens (tertiary/aromatic N) is 2. The third-order valence-corrected chi connectivity index (χ3v) is 4.79. The van der Waals surface area contributed by atoms with E-state index in [9.17, 15) is 4.39 Å². The topological polar surface area (TPSA) is 25.8 Å². The van der Waals surface area contributed by atoms with E-state index in [1.165, 1.54) is 23.7 Å². The zero-order chi connectivity index (χ0) is 12.3. The van der Waals surface area contributed by atoms with Crippen LogP contribution in [0.4, 0.5) is 4.39 Å². The molecule has 0 unspecified atom stereocenters. The van der Waals surface area contributed by atoms with E-state index in [1.807, 2.05) is 6.92 Å². The van der Waals surface area contributed by atoms with E-state index in [0.29, 0.717) is 0 Å². The molecule has 0 aliphatic heterocycles. The fraction of sp³-hybridized carbons (Fsp3) is 0.273. The van der Waals surface area contributed by atoms with Crippen molar-refractivity contribution in [3.63, 3.8) is 0 Å². The predicted octanol–water partition coefficient (Wildman–Crippen LogP) is 4.29. The predicted molar refractivity (Wildman–Crippen MR) is 72.9 cm³/mol. The van der Waals surface area contributed by atoms with Crippen molar-refractivity contribution in [2.24, 2.45) is 0 Å². The molecule has 0 bridgehead atoms. The van der Waals surface area contributed by atoms with Gasteiger partial charge in [-0.05, 0) is 29.2 Å². The Hall–Kier alpha value is -0.460. The van der Waals surface area contributed by atoms with Gasteiger partial charge in [0.25, 0.3) is 0 Å². The monoisotopic (exact) mass is 332 g/mol. The first-order valence-corrected chi connectivity index (χ1v) is 7.63. The van der Waals surface area contributed by atoms with Gasteiger partial charge >= 0.3 is 0 Å². The van der Waals surface area contributed by atoms with Crippen molar-refractivity contribution in [2.45, 2.75) is 23.4 Å². The molecule has 90 valence electrons. The summed E-state index contributed by atoms with van der Waals surface area (Å²) in [6.07, 6.45) is 0.858. The van der Waals surface area contributed by atoms with Gasteiger partial charge in [-0.15, -0.1) is 0 Å². The summed E-state index contributed by atoms with van der Waals surface area (Å²) in [6, 6.07) is 4.74. The van der Waals surface area contributed by atoms with Gasteiger partial charge in [0.2, 0.25) is 0 Å². The molecule has 1 aromatic carbocycles. The fourth-order valence-electron chi connectivity index (χ4n) is 1.22. The van der Waals surface area contributed by atoms with Crippen molar-refractivity contribution in [3.8, 4) is 0 Å². The van der Waals surface area contributed by atoms with Crippen LogP contribution in [0.5, 0.6) is 0 Å². The van der Waals surface area contributed by atoms with E-state index < -0.39 is 0 Å². The molecule has 0 atom stereocenters. The van der Waals surface area contributed by atoms with E-state index >= 15 is 0 Å². The fourth-order valence-corrected chi connectivity index (χ4v) is 3.59. The van der Waals surface area contributed by atoms with Crippen LogP contribution in [0.3, 0.4) is 0 Å². The summed E-state index contributed by atoms with van der Waals surface area (Å²) < 4.78 is 18.9. The molecule has 17 heavy (non-hydrogen) atoms. The molecule has 0 N–H and O–H groups in total. The number of hydrogen-bond acceptors (Lipinski definition) is 4. The van der Waals surface area contributed by atoms with E-state index in [1.54, 1.807) is 17.8 Å². The highest BCUT2D eigenvalue weighted by Crippen LogP contribution is 2.28. The molecule has 2 nitrogen and oxygen atoms in total. The smallest absolute Gasteiger partial charge is 0.170 e. The number of aromatic nitrogens is 2. The molecule has 0 amide bonds. The van der Waals surface area contributed by atoms with E-state index in [2.05, 4.69) is 25.3 Å². The Balaban J connectivity index is 2.02. The quantitative estimate of drug-likeness (QED) is 0.781. The van der Waals surface area contributed by atoms with Gasteiger partial charge in [-0.1, -0.05) is 40.7 Å². The lowest BCUT2D eigenvalue weighted by atomic mass is 10.2. The second kappa shape index (κ2) is 5.93. The number of benzene rings is 1. The molecular weight excluding hydrogens is 323 g/mol. The molecule has 2 rings (SSSR count). The number of halogens is 2. The number of hydrogen-bond donors (Lipinski definition) is 0. The molecule has 1 aromatic heterocycles. The molecule has 0 spiro atoms. The van der Waals surface area contributed by atoms with Gasteiger partial charge in [0, 0.05) is 16.6 Å². The third-order valence-electron chi connectivity index (χ3n) is 2.13. The lowest BCUT2D eigenvalue weighted by molar-refractivity contribution is 0.626. The van der Waals surface area contributed by atoms with Crippen LogP contribution in [0, 0.1) is 5.82 Å². The molecule has 0 aliphatic carbocycles. The standard InChI is InChI=1S/C11H10BrFN2S2/c1-2-10-14-11(17-15-10)16-6-7-3-4-8(13)5-9(7)12/h3-5H,2,6H2,1H3. The van der Waals surface area contributed by atoms with E-state index in [-0.39, 0.29) is 5.82 Å². The molecule has 0 saturated heterocycles. The van der Waals surface area contributed by atoms with Gasteiger partial charge in [0.05, 0.1) is 0 Å². The SMILES string of the molecule is CCc1nsc(SCc2ccc(F)cc2Br)n1.